The van der Waals surface area contributed by atoms with Gasteiger partial charge in [-0.1, -0.05) is 0 Å². The van der Waals surface area contributed by atoms with Crippen molar-refractivity contribution in [1.29, 1.82) is 0 Å². The van der Waals surface area contributed by atoms with Crippen LogP contribution in [0.25, 0.3) is 0 Å². The minimum atomic E-state index is -5.18. The Balaban J connectivity index is 10.6. The molecular formula is C46H117N16OP5. The Morgan fingerprint density at radius 3 is 0.632 bits per heavy atom. The Labute approximate surface area is 425 Å². The van der Waals surface area contributed by atoms with E-state index in [9.17, 15) is 0 Å². The van der Waals surface area contributed by atoms with Crippen molar-refractivity contribution < 1.29 is 4.52 Å². The Morgan fingerprint density at radius 2 is 0.456 bits per heavy atom. The number of unbranched alkanes of at least 4 members (excludes halogenated alkanes) is 15. The summed E-state index contributed by atoms with van der Waals surface area (Å²) in [6, 6.07) is 0. The molecule has 0 rings (SSSR count). The third-order valence-corrected chi connectivity index (χ3v) is 35.7. The molecule has 22 heteroatoms. The number of hydrogen-bond donors (Lipinski definition) is 0. The van der Waals surface area contributed by atoms with E-state index in [2.05, 4.69) is 225 Å². The summed E-state index contributed by atoms with van der Waals surface area (Å²) < 4.78 is 62.6. The Kier molecular flexibility index (Phi) is 32.7. The maximum atomic E-state index is 7.71. The van der Waals surface area contributed by atoms with Gasteiger partial charge in [0.2, 0.25) is 0 Å². The first-order valence-corrected chi connectivity index (χ1v) is 34.4. The monoisotopic (exact) mass is 1060 g/mol. The van der Waals surface area contributed by atoms with Gasteiger partial charge in [0.1, 0.15) is 0 Å². The van der Waals surface area contributed by atoms with Crippen LogP contribution >= 0.6 is 37.5 Å². The van der Waals surface area contributed by atoms with E-state index in [1.54, 1.807) is 0 Å². The van der Waals surface area contributed by atoms with Crippen LogP contribution in [-0.2, 0) is 4.52 Å². The zero-order valence-corrected chi connectivity index (χ0v) is 54.1. The summed E-state index contributed by atoms with van der Waals surface area (Å²) in [4.78, 5) is 0. The van der Waals surface area contributed by atoms with E-state index in [0.717, 1.165) is 38.9 Å². The molecule has 0 aromatic carbocycles. The second kappa shape index (κ2) is 32.3. The van der Waals surface area contributed by atoms with E-state index in [1.807, 2.05) is 7.11 Å². The minimum absolute atomic E-state index is 0.890. The second-order valence-electron chi connectivity index (χ2n) is 20.6. The quantitative estimate of drug-likeness (QED) is 0.0434. The molecular weight excluding hydrogens is 947 g/mol. The first kappa shape index (κ1) is 68.8. The van der Waals surface area contributed by atoms with Crippen molar-refractivity contribution in [2.75, 3.05) is 175 Å². The van der Waals surface area contributed by atoms with Crippen LogP contribution in [0.15, 0.2) is 18.1 Å². The number of hydrogen-bond acceptors (Lipinski definition) is 5. The van der Waals surface area contributed by atoms with Crippen LogP contribution in [0, 0.1) is 0 Å². The Hall–Kier alpha value is 0.830. The van der Waals surface area contributed by atoms with Crippen molar-refractivity contribution in [3.05, 3.63) is 0 Å². The fraction of sp³-hybridized carbons (Fsp3) is 1.00. The van der Waals surface area contributed by atoms with Gasteiger partial charge in [-0.3, -0.25) is 0 Å². The van der Waals surface area contributed by atoms with Crippen molar-refractivity contribution in [3.8, 4) is 0 Å². The first-order chi connectivity index (χ1) is 31.6. The molecule has 0 atom stereocenters. The van der Waals surface area contributed by atoms with Crippen LogP contribution in [0.5, 0.6) is 0 Å². The zero-order valence-electron chi connectivity index (χ0n) is 49.6. The summed E-state index contributed by atoms with van der Waals surface area (Å²) in [6.07, 6.45) is 21.9. The van der Waals surface area contributed by atoms with E-state index in [1.165, 1.54) is 96.3 Å². The van der Waals surface area contributed by atoms with Crippen LogP contribution in [0.1, 0.15) is 136 Å². The van der Waals surface area contributed by atoms with Crippen molar-refractivity contribution in [3.63, 3.8) is 0 Å². The van der Waals surface area contributed by atoms with Crippen LogP contribution in [0.4, 0.5) is 0 Å². The van der Waals surface area contributed by atoms with Gasteiger partial charge in [-0.15, -0.1) is 0 Å². The predicted octanol–water partition coefficient (Wildman–Crippen LogP) is 13.5. The van der Waals surface area contributed by atoms with E-state index < -0.39 is 37.5 Å². The van der Waals surface area contributed by atoms with Crippen LogP contribution in [0.3, 0.4) is 0 Å². The van der Waals surface area contributed by atoms with Crippen molar-refractivity contribution in [2.24, 2.45) is 18.1 Å². The summed E-state index contributed by atoms with van der Waals surface area (Å²) in [6.45, 7) is 9.57. The molecule has 0 aromatic heterocycles. The number of nitrogens with zero attached hydrogens (tertiary/aromatic N) is 16. The molecule has 0 aliphatic carbocycles. The third kappa shape index (κ3) is 17.4. The van der Waals surface area contributed by atoms with Gasteiger partial charge in [0.15, 0.2) is 0 Å². The summed E-state index contributed by atoms with van der Waals surface area (Å²) in [7, 11) is 30.8. The normalized spacial score (nSPS) is 14.5. The average molecular weight is 1070 g/mol. The number of rotatable bonds is 38. The molecule has 0 saturated heterocycles. The van der Waals surface area contributed by atoms with Crippen LogP contribution in [0.2, 0.25) is 0 Å². The molecule has 0 unspecified atom stereocenters. The predicted molar refractivity (Wildman–Crippen MR) is 313 cm³/mol. The molecule has 0 N–H and O–H groups in total. The van der Waals surface area contributed by atoms with Gasteiger partial charge in [0, 0.05) is 0 Å². The van der Waals surface area contributed by atoms with Gasteiger partial charge in [0.05, 0.1) is 0 Å². The molecule has 0 heterocycles. The fourth-order valence-electron chi connectivity index (χ4n) is 9.79. The molecule has 0 bridgehead atoms. The van der Waals surface area contributed by atoms with Gasteiger partial charge in [-0.25, -0.2) is 0 Å². The summed E-state index contributed by atoms with van der Waals surface area (Å²) in [5, 5.41) is 0. The van der Waals surface area contributed by atoms with E-state index in [4.69, 9.17) is 22.6 Å². The van der Waals surface area contributed by atoms with Gasteiger partial charge >= 0.3 is 427 Å². The molecule has 17 nitrogen and oxygen atoms in total. The van der Waals surface area contributed by atoms with Crippen LogP contribution < -0.4 is 0 Å². The summed E-state index contributed by atoms with van der Waals surface area (Å²) >= 11 is 0. The standard InChI is InChI=1S/C46H117N16OP5/c1-26-29-32-35-38-41-44-60(22)67(61(23)45-42-39-36-33-30-27-2,62(24)46-43-40-37-34-31-28-3)50-68(63-25,47-64(51(4)5,52(6)7)53(8)9,48-65(54(10)11,55(12)13)56(14)15)49-66(57(16)17,58(18)19)59(20)21/h26-46H2,1-25H3. The Morgan fingerprint density at radius 1 is 0.279 bits per heavy atom. The molecule has 0 fully saturated rings. The first-order valence-electron chi connectivity index (χ1n) is 26.1. The molecule has 412 valence electrons. The molecule has 0 saturated carbocycles. The second-order valence-corrected chi connectivity index (χ2v) is 39.1. The average Bonchev–Trinajstić information content (AvgIpc) is 3.25. The fourth-order valence-corrected chi connectivity index (χ4v) is 37.1. The Bertz CT molecular complexity index is 1360. The summed E-state index contributed by atoms with van der Waals surface area (Å²) in [5.74, 6) is 0. The molecule has 68 heavy (non-hydrogen) atoms. The molecule has 0 spiro atoms. The van der Waals surface area contributed by atoms with Crippen molar-refractivity contribution in [2.45, 2.75) is 136 Å². The molecule has 0 aliphatic heterocycles. The van der Waals surface area contributed by atoms with Gasteiger partial charge in [0.25, 0.3) is 0 Å². The van der Waals surface area contributed by atoms with Gasteiger partial charge < -0.3 is 0 Å². The van der Waals surface area contributed by atoms with Crippen LogP contribution in [-0.4, -0.2) is 231 Å². The topological polar surface area (TPSA) is 97.5 Å². The molecule has 0 amide bonds. The van der Waals surface area contributed by atoms with E-state index in [-0.39, 0.29) is 0 Å². The SMILES string of the molecule is CCCCCCCCN(C)P(=NP(N=P(N(C)C)(N(C)C)N(C)C)(N=P(N(C)C)(N(C)C)N(C)C)(N=P(N(C)C)(N(C)C)N(C)C)OC)(N(C)CCCCCCCC)N(C)CCCCCCCC. The van der Waals surface area contributed by atoms with Crippen molar-refractivity contribution in [1.82, 2.24) is 56.0 Å². The third-order valence-electron chi connectivity index (χ3n) is 13.1. The molecule has 0 aliphatic rings. The zero-order chi connectivity index (χ0) is 52.8. The van der Waals surface area contributed by atoms with Gasteiger partial charge in [-0.2, -0.15) is 0 Å². The van der Waals surface area contributed by atoms with Gasteiger partial charge in [-0.05, 0) is 0 Å². The van der Waals surface area contributed by atoms with E-state index in [0.29, 0.717) is 0 Å². The maximum absolute atomic E-state index is 7.71. The van der Waals surface area contributed by atoms with Crippen molar-refractivity contribution >= 4 is 37.5 Å². The molecule has 0 aromatic rings. The molecule has 0 radical (unpaired) electrons. The summed E-state index contributed by atoms with van der Waals surface area (Å²) in [5.41, 5.74) is 0. The van der Waals surface area contributed by atoms with E-state index >= 15 is 0 Å².